The Kier molecular flexibility index (Phi) is 7.96. The number of carboxylic acids is 1. The number of carbonyl (C=O) groups is 4. The van der Waals surface area contributed by atoms with Crippen LogP contribution in [0.5, 0.6) is 0 Å². The summed E-state index contributed by atoms with van der Waals surface area (Å²) in [5.41, 5.74) is 7.67. The lowest BCUT2D eigenvalue weighted by Gasteiger charge is -2.26. The highest BCUT2D eigenvalue weighted by Gasteiger charge is 2.37. The minimum Gasteiger partial charge on any atom is -0.480 e. The average molecular weight is 548 g/mol. The molecule has 1 atom stereocenters. The maximum absolute atomic E-state index is 13.7. The molecular weight excluding hydrogens is 522 g/mol. The number of amides is 3. The normalized spacial score (nSPS) is 13.9. The fourth-order valence-corrected chi connectivity index (χ4v) is 4.47. The second-order valence-corrected chi connectivity index (χ2v) is 9.42. The summed E-state index contributed by atoms with van der Waals surface area (Å²) in [6, 6.07) is 16.4. The van der Waals surface area contributed by atoms with Gasteiger partial charge in [-0.2, -0.15) is 0 Å². The number of hydrogen-bond donors (Lipinski definition) is 4. The molecule has 0 radical (unpaired) electrons. The lowest BCUT2D eigenvalue weighted by Crippen LogP contribution is -2.48. The van der Waals surface area contributed by atoms with Gasteiger partial charge in [-0.25, -0.2) is 4.79 Å². The van der Waals surface area contributed by atoms with E-state index in [-0.39, 0.29) is 30.1 Å². The van der Waals surface area contributed by atoms with Crippen molar-refractivity contribution in [1.29, 1.82) is 5.41 Å². The summed E-state index contributed by atoms with van der Waals surface area (Å²) in [5, 5.41) is 20.5. The van der Waals surface area contributed by atoms with Gasteiger partial charge >= 0.3 is 5.97 Å². The zero-order chi connectivity index (χ0) is 28.3. The van der Waals surface area contributed by atoms with Crippen LogP contribution in [0.15, 0.2) is 66.7 Å². The van der Waals surface area contributed by atoms with Crippen LogP contribution in [-0.2, 0) is 16.1 Å². The lowest BCUT2D eigenvalue weighted by atomic mass is 10.1. The highest BCUT2D eigenvalue weighted by Crippen LogP contribution is 2.31. The predicted octanol–water partition coefficient (Wildman–Crippen LogP) is 3.73. The van der Waals surface area contributed by atoms with Crippen molar-refractivity contribution in [2.24, 2.45) is 5.73 Å². The number of amidine groups is 1. The van der Waals surface area contributed by atoms with E-state index >= 15 is 0 Å². The first-order valence-corrected chi connectivity index (χ1v) is 12.4. The molecule has 0 aromatic heterocycles. The second kappa shape index (κ2) is 11.4. The first-order valence-electron chi connectivity index (χ1n) is 12.1. The Morgan fingerprint density at radius 1 is 1.05 bits per heavy atom. The first kappa shape index (κ1) is 27.3. The molecule has 3 amide bonds. The third-order valence-corrected chi connectivity index (χ3v) is 6.66. The molecule has 0 bridgehead atoms. The Morgan fingerprint density at radius 2 is 1.69 bits per heavy atom. The number of nitrogen functional groups attached to an aromatic ring is 1. The minimum absolute atomic E-state index is 0.0826. The van der Waals surface area contributed by atoms with Gasteiger partial charge in [-0.1, -0.05) is 42.8 Å². The number of fused-ring (bicyclic) bond motifs is 1. The summed E-state index contributed by atoms with van der Waals surface area (Å²) in [6.45, 7) is 1.33. The quantitative estimate of drug-likeness (QED) is 0.248. The minimum atomic E-state index is -1.22. The van der Waals surface area contributed by atoms with E-state index < -0.39 is 36.3 Å². The fourth-order valence-electron chi connectivity index (χ4n) is 4.34. The highest BCUT2D eigenvalue weighted by atomic mass is 35.5. The van der Waals surface area contributed by atoms with Crippen molar-refractivity contribution in [1.82, 2.24) is 4.90 Å². The molecule has 3 aromatic rings. The van der Waals surface area contributed by atoms with Crippen molar-refractivity contribution in [2.75, 3.05) is 16.8 Å². The molecule has 0 spiro atoms. The van der Waals surface area contributed by atoms with Gasteiger partial charge in [-0.3, -0.25) is 19.8 Å². The molecule has 1 aliphatic heterocycles. The molecule has 10 nitrogen and oxygen atoms in total. The van der Waals surface area contributed by atoms with Crippen LogP contribution >= 0.6 is 11.6 Å². The lowest BCUT2D eigenvalue weighted by molar-refractivity contribution is -0.142. The maximum atomic E-state index is 13.7. The summed E-state index contributed by atoms with van der Waals surface area (Å²) in [7, 11) is 0. The molecule has 1 aliphatic rings. The topological polar surface area (TPSA) is 157 Å². The number of rotatable bonds is 8. The highest BCUT2D eigenvalue weighted by molar-refractivity contribution is 6.30. The van der Waals surface area contributed by atoms with E-state index in [1.165, 1.54) is 23.1 Å². The molecular formula is C28H26ClN5O5. The van der Waals surface area contributed by atoms with Crippen molar-refractivity contribution < 1.29 is 24.3 Å². The Hall–Kier alpha value is -4.70. The van der Waals surface area contributed by atoms with Crippen molar-refractivity contribution in [2.45, 2.75) is 25.9 Å². The number of aliphatic carboxylic acids is 1. The largest absolute Gasteiger partial charge is 0.480 e. The van der Waals surface area contributed by atoms with Crippen molar-refractivity contribution in [3.63, 3.8) is 0 Å². The number of hydrogen-bond acceptors (Lipinski definition) is 5. The van der Waals surface area contributed by atoms with Crippen molar-refractivity contribution in [3.8, 4) is 0 Å². The van der Waals surface area contributed by atoms with Crippen LogP contribution in [0.2, 0.25) is 5.02 Å². The maximum Gasteiger partial charge on any atom is 0.326 e. The smallest absolute Gasteiger partial charge is 0.326 e. The van der Waals surface area contributed by atoms with Crippen LogP contribution in [0.3, 0.4) is 0 Å². The van der Waals surface area contributed by atoms with Crippen molar-refractivity contribution >= 4 is 52.5 Å². The Bertz CT molecular complexity index is 1460. The van der Waals surface area contributed by atoms with Crippen molar-refractivity contribution in [3.05, 3.63) is 94.0 Å². The van der Waals surface area contributed by atoms with Crippen LogP contribution < -0.4 is 16.0 Å². The first-order chi connectivity index (χ1) is 18.6. The Morgan fingerprint density at radius 3 is 2.28 bits per heavy atom. The molecule has 0 saturated heterocycles. The molecule has 1 heterocycles. The van der Waals surface area contributed by atoms with E-state index in [2.05, 4.69) is 5.32 Å². The third kappa shape index (κ3) is 5.91. The summed E-state index contributed by atoms with van der Waals surface area (Å²) >= 11 is 6.00. The average Bonchev–Trinajstić information content (AvgIpc) is 3.00. The standard InChI is InChI=1S/C28H26ClN5O5/c1-2-22(28(38)39)34-15-24(35)33(14-16-3-9-19(29)10-4-16)23-12-11-20(13-21(23)27(34)37)32-26(36)18-7-5-17(6-8-18)25(30)31/h3-13,22H,2,14-15H2,1H3,(H3,30,31)(H,32,36)(H,38,39). The molecule has 39 heavy (non-hydrogen) atoms. The molecule has 4 rings (SSSR count). The van der Waals surface area contributed by atoms with E-state index in [9.17, 15) is 24.3 Å². The number of nitrogens with zero attached hydrogens (tertiary/aromatic N) is 2. The van der Waals surface area contributed by atoms with Crippen LogP contribution in [0.1, 0.15) is 45.2 Å². The van der Waals surface area contributed by atoms with Gasteiger partial charge in [0.25, 0.3) is 11.8 Å². The zero-order valence-electron chi connectivity index (χ0n) is 21.0. The van der Waals surface area contributed by atoms with Gasteiger partial charge in [0.15, 0.2) is 0 Å². The van der Waals surface area contributed by atoms with E-state index in [1.54, 1.807) is 55.5 Å². The third-order valence-electron chi connectivity index (χ3n) is 6.40. The van der Waals surface area contributed by atoms with Crippen LogP contribution in [-0.4, -0.2) is 52.1 Å². The summed E-state index contributed by atoms with van der Waals surface area (Å²) in [4.78, 5) is 54.3. The Balaban J connectivity index is 1.72. The number of halogens is 1. The number of benzene rings is 3. The van der Waals surface area contributed by atoms with Gasteiger partial charge in [-0.05, 0) is 54.4 Å². The van der Waals surface area contributed by atoms with Crippen LogP contribution in [0.25, 0.3) is 0 Å². The van der Waals surface area contributed by atoms with Gasteiger partial charge < -0.3 is 26.0 Å². The number of nitrogens with two attached hydrogens (primary N) is 1. The van der Waals surface area contributed by atoms with E-state index in [4.69, 9.17) is 22.7 Å². The molecule has 0 saturated carbocycles. The number of anilines is 2. The zero-order valence-corrected chi connectivity index (χ0v) is 21.7. The van der Waals surface area contributed by atoms with Gasteiger partial charge in [0.2, 0.25) is 5.91 Å². The molecule has 11 heteroatoms. The van der Waals surface area contributed by atoms with Crippen LogP contribution in [0, 0.1) is 5.41 Å². The van der Waals surface area contributed by atoms with E-state index in [0.717, 1.165) is 10.5 Å². The molecule has 0 fully saturated rings. The van der Waals surface area contributed by atoms with Gasteiger partial charge in [0.05, 0.1) is 17.8 Å². The van der Waals surface area contributed by atoms with Crippen LogP contribution in [0.4, 0.5) is 11.4 Å². The second-order valence-electron chi connectivity index (χ2n) is 8.98. The molecule has 5 N–H and O–H groups in total. The summed E-state index contributed by atoms with van der Waals surface area (Å²) < 4.78 is 0. The van der Waals surface area contributed by atoms with Gasteiger partial charge in [0.1, 0.15) is 18.4 Å². The summed E-state index contributed by atoms with van der Waals surface area (Å²) in [6.07, 6.45) is 0.105. The number of carbonyl (C=O) groups excluding carboxylic acids is 3. The molecule has 0 aliphatic carbocycles. The van der Waals surface area contributed by atoms with E-state index in [1.807, 2.05) is 0 Å². The molecule has 200 valence electrons. The molecule has 1 unspecified atom stereocenters. The van der Waals surface area contributed by atoms with Gasteiger partial charge in [-0.15, -0.1) is 0 Å². The fraction of sp³-hybridized carbons (Fsp3) is 0.179. The number of carboxylic acid groups (broad SMARTS) is 1. The Labute approximate surface area is 229 Å². The van der Waals surface area contributed by atoms with E-state index in [0.29, 0.717) is 21.8 Å². The summed E-state index contributed by atoms with van der Waals surface area (Å²) in [5.74, 6) is -2.88. The monoisotopic (exact) mass is 547 g/mol. The predicted molar refractivity (Wildman–Crippen MR) is 147 cm³/mol. The molecule has 3 aromatic carbocycles. The van der Waals surface area contributed by atoms with Gasteiger partial charge in [0, 0.05) is 21.8 Å². The number of nitrogens with one attached hydrogen (secondary N) is 2. The SMILES string of the molecule is CCC(C(=O)O)N1CC(=O)N(Cc2ccc(Cl)cc2)c2ccc(NC(=O)c3ccc(C(=N)N)cc3)cc2C1=O.